The molecule has 11 nitrogen and oxygen atoms in total. The molecule has 25 heavy (non-hydrogen) atoms. The lowest BCUT2D eigenvalue weighted by Crippen LogP contribution is -2.37. The maximum absolute atomic E-state index is 11.8. The highest BCUT2D eigenvalue weighted by Gasteiger charge is 2.28. The summed E-state index contributed by atoms with van der Waals surface area (Å²) in [5.74, 6) is -0.820. The number of phosphoric ester groups is 1. The summed E-state index contributed by atoms with van der Waals surface area (Å²) in [6.45, 7) is 1.67. The lowest BCUT2D eigenvalue weighted by atomic mass is 10.3. The first-order chi connectivity index (χ1) is 11.1. The number of nitrogens with two attached hydrogens (primary N) is 1. The Morgan fingerprint density at radius 1 is 1.12 bits per heavy atom. The predicted octanol–water partition coefficient (Wildman–Crippen LogP) is -0.0830. The number of ether oxygens (including phenoxy) is 1. The monoisotopic (exact) mass is 407 g/mol. The molecule has 0 aromatic rings. The lowest BCUT2D eigenvalue weighted by Gasteiger charge is -2.24. The van der Waals surface area contributed by atoms with Gasteiger partial charge in [-0.05, 0) is 6.92 Å². The molecular formula is C12H29N2O9P2+. The van der Waals surface area contributed by atoms with E-state index in [0.29, 0.717) is 11.0 Å². The number of nitrogens with zero attached hydrogens (tertiary/aromatic N) is 1. The van der Waals surface area contributed by atoms with Crippen LogP contribution in [0.5, 0.6) is 0 Å². The first kappa shape index (κ1) is 24.7. The first-order valence-electron chi connectivity index (χ1n) is 7.44. The van der Waals surface area contributed by atoms with Gasteiger partial charge in [0.1, 0.15) is 25.3 Å². The van der Waals surface area contributed by atoms with E-state index in [2.05, 4.69) is 4.52 Å². The summed E-state index contributed by atoms with van der Waals surface area (Å²) < 4.78 is 42.7. The lowest BCUT2D eigenvalue weighted by molar-refractivity contribution is -0.870. The fraction of sp³-hybridized carbons (Fsp3) is 0.917. The molecule has 13 heteroatoms. The molecule has 0 heterocycles. The zero-order chi connectivity index (χ0) is 19.9. The number of quaternary nitrogens is 1. The quantitative estimate of drug-likeness (QED) is 0.227. The normalized spacial score (nSPS) is 19.5. The summed E-state index contributed by atoms with van der Waals surface area (Å²) in [5.41, 5.74) is 5.36. The standard InChI is InChI=1S/C12H28N2O9P2/c1-10(13)12(15)23-11(8-21-24(5,16)17)9-22-25(18,19)20-7-6-14(2,3)4/h10-11H,6-9,13H2,1-5H3,(H-,16,17,18,19)/p+1/t10-,11?/m1/s1. The Labute approximate surface area is 147 Å². The van der Waals surface area contributed by atoms with E-state index in [-0.39, 0.29) is 6.61 Å². The third kappa shape index (κ3) is 14.5. The smallest absolute Gasteiger partial charge is 0.456 e. The largest absolute Gasteiger partial charge is 0.472 e. The van der Waals surface area contributed by atoms with E-state index in [4.69, 9.17) is 24.4 Å². The fourth-order valence-electron chi connectivity index (χ4n) is 1.25. The third-order valence-corrected chi connectivity index (χ3v) is 4.21. The van der Waals surface area contributed by atoms with Crippen molar-refractivity contribution in [3.8, 4) is 0 Å². The number of esters is 1. The van der Waals surface area contributed by atoms with Crippen LogP contribution in [0.2, 0.25) is 0 Å². The number of carbonyl (C=O) groups excluding carboxylic acids is 1. The van der Waals surface area contributed by atoms with Gasteiger partial charge in [-0.1, -0.05) is 0 Å². The Morgan fingerprint density at radius 3 is 2.08 bits per heavy atom. The molecule has 0 saturated heterocycles. The van der Waals surface area contributed by atoms with Gasteiger partial charge in [0.2, 0.25) is 0 Å². The van der Waals surface area contributed by atoms with E-state index in [1.54, 1.807) is 0 Å². The average Bonchev–Trinajstić information content (AvgIpc) is 2.38. The number of rotatable bonds is 12. The van der Waals surface area contributed by atoms with Gasteiger partial charge in [0.25, 0.3) is 0 Å². The Morgan fingerprint density at radius 2 is 1.64 bits per heavy atom. The molecule has 0 rings (SSSR count). The van der Waals surface area contributed by atoms with Crippen LogP contribution in [-0.4, -0.2) is 86.6 Å². The molecule has 0 saturated carbocycles. The SMILES string of the molecule is C[C@@H](N)C(=O)OC(COP(C)(=O)O)COP(=O)(O)OCC[N+](C)(C)C. The number of likely N-dealkylation sites (N-methyl/N-ethyl adjacent to an activating group) is 1. The zero-order valence-electron chi connectivity index (χ0n) is 15.2. The van der Waals surface area contributed by atoms with Crippen LogP contribution >= 0.6 is 15.4 Å². The van der Waals surface area contributed by atoms with Crippen molar-refractivity contribution >= 4 is 21.4 Å². The van der Waals surface area contributed by atoms with Gasteiger partial charge < -0.3 is 29.3 Å². The highest BCUT2D eigenvalue weighted by Crippen LogP contribution is 2.43. The summed E-state index contributed by atoms with van der Waals surface area (Å²) in [4.78, 5) is 30.3. The summed E-state index contributed by atoms with van der Waals surface area (Å²) in [7, 11) is -2.57. The number of phosphoric acid groups is 1. The van der Waals surface area contributed by atoms with Gasteiger partial charge >= 0.3 is 21.4 Å². The molecule has 0 aromatic carbocycles. The minimum Gasteiger partial charge on any atom is -0.456 e. The minimum atomic E-state index is -4.38. The van der Waals surface area contributed by atoms with E-state index in [0.717, 1.165) is 6.66 Å². The molecule has 0 amide bonds. The van der Waals surface area contributed by atoms with Crippen molar-refractivity contribution in [3.05, 3.63) is 0 Å². The highest BCUT2D eigenvalue weighted by atomic mass is 31.2. The second-order valence-electron chi connectivity index (χ2n) is 6.56. The summed E-state index contributed by atoms with van der Waals surface area (Å²) in [6.07, 6.45) is -1.21. The first-order valence-corrected chi connectivity index (χ1v) is 11.0. The van der Waals surface area contributed by atoms with Crippen LogP contribution in [0.1, 0.15) is 6.92 Å². The highest BCUT2D eigenvalue weighted by molar-refractivity contribution is 7.51. The second-order valence-corrected chi connectivity index (χ2v) is 9.88. The van der Waals surface area contributed by atoms with E-state index >= 15 is 0 Å². The van der Waals surface area contributed by atoms with Gasteiger partial charge in [-0.2, -0.15) is 0 Å². The molecule has 3 unspecified atom stereocenters. The Hall–Kier alpha value is -0.350. The molecule has 0 aliphatic carbocycles. The molecule has 0 radical (unpaired) electrons. The Balaban J connectivity index is 4.63. The molecule has 0 aromatic heterocycles. The van der Waals surface area contributed by atoms with Gasteiger partial charge in [0.15, 0.2) is 0 Å². The van der Waals surface area contributed by atoms with E-state index < -0.39 is 46.7 Å². The summed E-state index contributed by atoms with van der Waals surface area (Å²) in [6, 6.07) is -0.952. The van der Waals surface area contributed by atoms with Crippen LogP contribution in [0.3, 0.4) is 0 Å². The molecule has 0 aliphatic rings. The molecule has 150 valence electrons. The Bertz CT molecular complexity index is 515. The third-order valence-electron chi connectivity index (χ3n) is 2.59. The van der Waals surface area contributed by atoms with Crippen molar-refractivity contribution in [2.45, 2.75) is 19.1 Å². The van der Waals surface area contributed by atoms with Crippen molar-refractivity contribution in [2.24, 2.45) is 5.73 Å². The zero-order valence-corrected chi connectivity index (χ0v) is 16.9. The predicted molar refractivity (Wildman–Crippen MR) is 89.9 cm³/mol. The molecule has 0 bridgehead atoms. The van der Waals surface area contributed by atoms with Gasteiger partial charge in [0, 0.05) is 6.66 Å². The fourth-order valence-corrected chi connectivity index (χ4v) is 2.44. The van der Waals surface area contributed by atoms with Crippen LogP contribution in [0.25, 0.3) is 0 Å². The van der Waals surface area contributed by atoms with Crippen LogP contribution in [0.4, 0.5) is 0 Å². The van der Waals surface area contributed by atoms with Crippen molar-refractivity contribution in [2.75, 3.05) is 54.2 Å². The van der Waals surface area contributed by atoms with Crippen LogP contribution in [0, 0.1) is 0 Å². The Kier molecular flexibility index (Phi) is 9.96. The maximum atomic E-state index is 11.8. The van der Waals surface area contributed by atoms with Crippen LogP contribution in [-0.2, 0) is 32.2 Å². The van der Waals surface area contributed by atoms with E-state index in [9.17, 15) is 18.8 Å². The van der Waals surface area contributed by atoms with Crippen LogP contribution < -0.4 is 5.73 Å². The van der Waals surface area contributed by atoms with Crippen molar-refractivity contribution in [3.63, 3.8) is 0 Å². The molecule has 0 aliphatic heterocycles. The topological polar surface area (TPSA) is 155 Å². The van der Waals surface area contributed by atoms with Gasteiger partial charge in [0.05, 0.1) is 34.4 Å². The van der Waals surface area contributed by atoms with E-state index in [1.165, 1.54) is 6.92 Å². The van der Waals surface area contributed by atoms with Gasteiger partial charge in [-0.15, -0.1) is 0 Å². The molecule has 0 fully saturated rings. The van der Waals surface area contributed by atoms with Crippen molar-refractivity contribution in [1.29, 1.82) is 0 Å². The van der Waals surface area contributed by atoms with E-state index in [1.807, 2.05) is 21.1 Å². The minimum absolute atomic E-state index is 0.0289. The van der Waals surface area contributed by atoms with Gasteiger partial charge in [-0.25, -0.2) is 4.57 Å². The number of hydrogen-bond acceptors (Lipinski definition) is 8. The summed E-state index contributed by atoms with van der Waals surface area (Å²) >= 11 is 0. The second kappa shape index (κ2) is 10.1. The summed E-state index contributed by atoms with van der Waals surface area (Å²) in [5, 5.41) is 0. The number of carbonyl (C=O) groups is 1. The molecule has 4 atom stereocenters. The number of hydrogen-bond donors (Lipinski definition) is 3. The molecule has 4 N–H and O–H groups in total. The molecular weight excluding hydrogens is 378 g/mol. The van der Waals surface area contributed by atoms with Crippen LogP contribution in [0.15, 0.2) is 0 Å². The average molecular weight is 407 g/mol. The maximum Gasteiger partial charge on any atom is 0.472 e. The molecule has 0 spiro atoms. The van der Waals surface area contributed by atoms with Crippen molar-refractivity contribution in [1.82, 2.24) is 0 Å². The van der Waals surface area contributed by atoms with Crippen molar-refractivity contribution < 1.29 is 46.5 Å². The van der Waals surface area contributed by atoms with Gasteiger partial charge in [-0.3, -0.25) is 18.4 Å².